The van der Waals surface area contributed by atoms with Gasteiger partial charge in [-0.1, -0.05) is 19.3 Å². The van der Waals surface area contributed by atoms with Gasteiger partial charge in [-0.15, -0.1) is 11.3 Å². The molecule has 1 saturated carbocycles. The van der Waals surface area contributed by atoms with E-state index in [1.165, 1.54) is 28.7 Å². The van der Waals surface area contributed by atoms with E-state index in [4.69, 9.17) is 10.8 Å². The Morgan fingerprint density at radius 3 is 2.78 bits per heavy atom. The van der Waals surface area contributed by atoms with Crippen molar-refractivity contribution < 1.29 is 23.5 Å². The molecule has 0 bridgehead atoms. The van der Waals surface area contributed by atoms with Crippen molar-refractivity contribution in [2.45, 2.75) is 44.7 Å². The van der Waals surface area contributed by atoms with Crippen molar-refractivity contribution in [3.8, 4) is 10.6 Å². The molecular weight excluding hydrogens is 492 g/mol. The van der Waals surface area contributed by atoms with Crippen LogP contribution in [0.25, 0.3) is 16.3 Å². The minimum absolute atomic E-state index is 0.0219. The monoisotopic (exact) mass is 515 g/mol. The molecule has 0 unspecified atom stereocenters. The second-order valence-corrected chi connectivity index (χ2v) is 9.03. The van der Waals surface area contributed by atoms with Gasteiger partial charge in [0.25, 0.3) is 5.91 Å². The van der Waals surface area contributed by atoms with E-state index in [0.29, 0.717) is 10.6 Å². The van der Waals surface area contributed by atoms with Crippen LogP contribution in [0.15, 0.2) is 40.6 Å². The van der Waals surface area contributed by atoms with Crippen LogP contribution in [0.1, 0.15) is 48.3 Å². The van der Waals surface area contributed by atoms with Crippen LogP contribution < -0.4 is 11.1 Å². The van der Waals surface area contributed by atoms with E-state index >= 15 is 0 Å². The Balaban J connectivity index is 1.59. The first-order valence-corrected chi connectivity index (χ1v) is 12.0. The fraction of sp³-hybridized carbons (Fsp3) is 0.304. The highest BCUT2D eigenvalue weighted by atomic mass is 32.1. The standard InChI is InChI=1S/C23H23F2N7O3S/c24-15-6-7-18(25)31-21(15)20(26)16(9-27-14-4-2-1-3-5-14)29-22(35)17-12-36-23(30-17)13-8-28-32(10-13)11-19(33)34/h6-10,12,14H,1-5,11,26H2,(H,29,35)(H,33,34)/b20-16+,27-9?. The number of hydrogen-bond acceptors (Lipinski definition) is 8. The van der Waals surface area contributed by atoms with Crippen LogP contribution in [0.2, 0.25) is 0 Å². The topological polar surface area (TPSA) is 148 Å². The molecule has 0 saturated heterocycles. The number of rotatable bonds is 8. The zero-order valence-electron chi connectivity index (χ0n) is 19.0. The van der Waals surface area contributed by atoms with Crippen LogP contribution in [-0.2, 0) is 11.3 Å². The molecule has 3 aromatic heterocycles. The van der Waals surface area contributed by atoms with Crippen LogP contribution >= 0.6 is 11.3 Å². The molecule has 3 aromatic rings. The number of carbonyl (C=O) groups excluding carboxylic acids is 1. The summed E-state index contributed by atoms with van der Waals surface area (Å²) in [6, 6.07) is 1.81. The zero-order chi connectivity index (χ0) is 25.7. The Labute approximate surface area is 208 Å². The van der Waals surface area contributed by atoms with E-state index < -0.39 is 29.3 Å². The summed E-state index contributed by atoms with van der Waals surface area (Å²) in [7, 11) is 0. The highest BCUT2D eigenvalue weighted by molar-refractivity contribution is 7.13. The van der Waals surface area contributed by atoms with Crippen molar-refractivity contribution in [1.29, 1.82) is 0 Å². The van der Waals surface area contributed by atoms with E-state index in [1.807, 2.05) is 0 Å². The third-order valence-electron chi connectivity index (χ3n) is 5.51. The number of amides is 1. The number of allylic oxidation sites excluding steroid dienone is 1. The van der Waals surface area contributed by atoms with Crippen molar-refractivity contribution in [3.05, 3.63) is 58.8 Å². The fourth-order valence-corrected chi connectivity index (χ4v) is 4.49. The van der Waals surface area contributed by atoms with Gasteiger partial charge in [-0.25, -0.2) is 14.4 Å². The first-order valence-electron chi connectivity index (χ1n) is 11.2. The van der Waals surface area contributed by atoms with Crippen molar-refractivity contribution in [2.75, 3.05) is 0 Å². The Morgan fingerprint density at radius 2 is 2.03 bits per heavy atom. The van der Waals surface area contributed by atoms with E-state index in [1.54, 1.807) is 0 Å². The molecule has 1 aliphatic carbocycles. The predicted octanol–water partition coefficient (Wildman–Crippen LogP) is 3.23. The second-order valence-electron chi connectivity index (χ2n) is 8.17. The summed E-state index contributed by atoms with van der Waals surface area (Å²) in [6.07, 6.45) is 9.28. The van der Waals surface area contributed by atoms with Gasteiger partial charge < -0.3 is 16.2 Å². The summed E-state index contributed by atoms with van der Waals surface area (Å²) in [5, 5.41) is 17.4. The lowest BCUT2D eigenvalue weighted by molar-refractivity contribution is -0.137. The number of nitrogens with two attached hydrogens (primary N) is 1. The summed E-state index contributed by atoms with van der Waals surface area (Å²) < 4.78 is 29.3. The van der Waals surface area contributed by atoms with Crippen molar-refractivity contribution in [1.82, 2.24) is 25.1 Å². The smallest absolute Gasteiger partial charge is 0.325 e. The molecule has 1 fully saturated rings. The van der Waals surface area contributed by atoms with Crippen molar-refractivity contribution in [3.63, 3.8) is 0 Å². The number of carboxylic acid groups (broad SMARTS) is 1. The van der Waals surface area contributed by atoms with Gasteiger partial charge in [-0.3, -0.25) is 19.3 Å². The minimum Gasteiger partial charge on any atom is -0.480 e. The summed E-state index contributed by atoms with van der Waals surface area (Å²) in [6.45, 7) is -0.308. The third-order valence-corrected chi connectivity index (χ3v) is 6.40. The minimum atomic E-state index is -1.04. The van der Waals surface area contributed by atoms with Crippen LogP contribution in [0.4, 0.5) is 8.78 Å². The first kappa shape index (κ1) is 25.1. The zero-order valence-corrected chi connectivity index (χ0v) is 19.8. The van der Waals surface area contributed by atoms with Gasteiger partial charge in [-0.05, 0) is 25.0 Å². The molecule has 10 nitrogen and oxygen atoms in total. The lowest BCUT2D eigenvalue weighted by atomic mass is 9.96. The number of aliphatic carboxylic acids is 1. The molecule has 13 heteroatoms. The average Bonchev–Trinajstić information content (AvgIpc) is 3.53. The number of carboxylic acids is 1. The molecule has 1 amide bonds. The number of halogens is 2. The Morgan fingerprint density at radius 1 is 1.25 bits per heavy atom. The van der Waals surface area contributed by atoms with Gasteiger partial charge in [0.1, 0.15) is 22.9 Å². The van der Waals surface area contributed by atoms with E-state index in [2.05, 4.69) is 25.4 Å². The molecule has 0 aromatic carbocycles. The van der Waals surface area contributed by atoms with Crippen molar-refractivity contribution in [2.24, 2.45) is 10.7 Å². The van der Waals surface area contributed by atoms with E-state index in [9.17, 15) is 18.4 Å². The number of nitrogens with one attached hydrogen (secondary N) is 1. The summed E-state index contributed by atoms with van der Waals surface area (Å²) in [4.78, 5) is 36.2. The molecule has 1 aliphatic rings. The number of carbonyl (C=O) groups is 2. The molecule has 0 aliphatic heterocycles. The van der Waals surface area contributed by atoms with Crippen LogP contribution in [0.5, 0.6) is 0 Å². The summed E-state index contributed by atoms with van der Waals surface area (Å²) >= 11 is 1.16. The van der Waals surface area contributed by atoms with Gasteiger partial charge in [0, 0.05) is 23.4 Å². The second kappa shape index (κ2) is 11.2. The Hall–Kier alpha value is -4.00. The lowest BCUT2D eigenvalue weighted by Crippen LogP contribution is -2.27. The van der Waals surface area contributed by atoms with Crippen LogP contribution in [-0.4, -0.2) is 49.0 Å². The van der Waals surface area contributed by atoms with Crippen molar-refractivity contribution >= 4 is 35.1 Å². The normalized spacial score (nSPS) is 15.2. The lowest BCUT2D eigenvalue weighted by Gasteiger charge is -2.18. The number of hydrogen-bond donors (Lipinski definition) is 3. The number of pyridine rings is 1. The van der Waals surface area contributed by atoms with Crippen LogP contribution in [0.3, 0.4) is 0 Å². The maximum absolute atomic E-state index is 14.4. The number of aliphatic imine (C=N–C) groups is 1. The van der Waals surface area contributed by atoms with Gasteiger partial charge in [0.05, 0.1) is 23.6 Å². The largest absolute Gasteiger partial charge is 0.480 e. The molecule has 0 spiro atoms. The quantitative estimate of drug-likeness (QED) is 0.308. The van der Waals surface area contributed by atoms with Gasteiger partial charge in [0.15, 0.2) is 5.82 Å². The first-order chi connectivity index (χ1) is 17.3. The average molecular weight is 516 g/mol. The third kappa shape index (κ3) is 6.16. The highest BCUT2D eigenvalue weighted by Gasteiger charge is 2.19. The highest BCUT2D eigenvalue weighted by Crippen LogP contribution is 2.24. The van der Waals surface area contributed by atoms with Crippen LogP contribution in [0, 0.1) is 11.8 Å². The maximum Gasteiger partial charge on any atom is 0.325 e. The summed E-state index contributed by atoms with van der Waals surface area (Å²) in [5.41, 5.74) is 5.97. The molecule has 0 radical (unpaired) electrons. The van der Waals surface area contributed by atoms with E-state index in [-0.39, 0.29) is 29.7 Å². The maximum atomic E-state index is 14.4. The number of thiazole rings is 1. The number of aromatic nitrogens is 4. The summed E-state index contributed by atoms with van der Waals surface area (Å²) in [5.74, 6) is -3.45. The fourth-order valence-electron chi connectivity index (χ4n) is 3.71. The molecular formula is C23H23F2N7O3S. The van der Waals surface area contributed by atoms with Gasteiger partial charge >= 0.3 is 5.97 Å². The molecule has 36 heavy (non-hydrogen) atoms. The van der Waals surface area contributed by atoms with Gasteiger partial charge in [-0.2, -0.15) is 9.49 Å². The molecule has 0 atom stereocenters. The molecule has 188 valence electrons. The Bertz CT molecular complexity index is 1330. The number of nitrogens with zero attached hydrogens (tertiary/aromatic N) is 5. The Kier molecular flexibility index (Phi) is 7.78. The SMILES string of the molecule is N/C(=C(\C=NC1CCCCC1)NC(=O)c1csc(-c2cnn(CC(=O)O)c2)n1)c1nc(F)ccc1F. The van der Waals surface area contributed by atoms with Gasteiger partial charge in [0.2, 0.25) is 5.95 Å². The molecule has 3 heterocycles. The predicted molar refractivity (Wildman–Crippen MR) is 129 cm³/mol. The molecule has 4 N–H and O–H groups in total. The van der Waals surface area contributed by atoms with E-state index in [0.717, 1.165) is 55.6 Å². The molecule has 4 rings (SSSR count).